The van der Waals surface area contributed by atoms with Crippen LogP contribution in [0.15, 0.2) is 24.7 Å². The number of rotatable bonds is 4. The molecule has 0 aliphatic rings. The topological polar surface area (TPSA) is 97.2 Å². The number of anilines is 2. The molecule has 7 nitrogen and oxygen atoms in total. The number of ether oxygens (including phenoxy) is 1. The van der Waals surface area contributed by atoms with Gasteiger partial charge in [-0.1, -0.05) is 11.6 Å². The highest BCUT2D eigenvalue weighted by molar-refractivity contribution is 6.35. The number of carboxylic acid groups (broad SMARTS) is 1. The highest BCUT2D eigenvalue weighted by Crippen LogP contribution is 2.25. The zero-order valence-corrected chi connectivity index (χ0v) is 10.5. The summed E-state index contributed by atoms with van der Waals surface area (Å²) >= 11 is 5.90. The van der Waals surface area contributed by atoms with Crippen molar-refractivity contribution in [1.82, 2.24) is 15.0 Å². The molecule has 0 radical (unpaired) electrons. The minimum absolute atomic E-state index is 0.0641. The van der Waals surface area contributed by atoms with Gasteiger partial charge in [0.05, 0.1) is 19.0 Å². The second-order valence-corrected chi connectivity index (χ2v) is 3.78. The van der Waals surface area contributed by atoms with Crippen molar-refractivity contribution in [3.63, 3.8) is 0 Å². The number of hydrogen-bond donors (Lipinski definition) is 2. The van der Waals surface area contributed by atoms with E-state index in [-0.39, 0.29) is 16.5 Å². The summed E-state index contributed by atoms with van der Waals surface area (Å²) in [5.74, 6) is -0.560. The Hall–Kier alpha value is -2.41. The highest BCUT2D eigenvalue weighted by Gasteiger charge is 2.15. The number of aromatic nitrogens is 3. The van der Waals surface area contributed by atoms with Crippen molar-refractivity contribution in [2.24, 2.45) is 0 Å². The van der Waals surface area contributed by atoms with Crippen molar-refractivity contribution < 1.29 is 14.6 Å². The highest BCUT2D eigenvalue weighted by atomic mass is 35.5. The Labute approximate surface area is 113 Å². The van der Waals surface area contributed by atoms with Crippen LogP contribution in [0.25, 0.3) is 0 Å². The second-order valence-electron chi connectivity index (χ2n) is 3.40. The van der Waals surface area contributed by atoms with Crippen LogP contribution in [0.2, 0.25) is 5.02 Å². The number of nitrogens with zero attached hydrogens (tertiary/aromatic N) is 3. The van der Waals surface area contributed by atoms with Crippen LogP contribution in [-0.4, -0.2) is 33.1 Å². The summed E-state index contributed by atoms with van der Waals surface area (Å²) in [7, 11) is 1.51. The molecule has 0 fully saturated rings. The van der Waals surface area contributed by atoms with Gasteiger partial charge >= 0.3 is 5.97 Å². The molecule has 0 unspecified atom stereocenters. The van der Waals surface area contributed by atoms with Crippen molar-refractivity contribution in [2.75, 3.05) is 12.4 Å². The predicted molar refractivity (Wildman–Crippen MR) is 68.1 cm³/mol. The normalized spacial score (nSPS) is 10.0. The molecule has 2 aromatic heterocycles. The van der Waals surface area contributed by atoms with Gasteiger partial charge in [-0.2, -0.15) is 0 Å². The van der Waals surface area contributed by atoms with Crippen LogP contribution in [0.5, 0.6) is 5.88 Å². The van der Waals surface area contributed by atoms with E-state index in [1.165, 1.54) is 13.3 Å². The Morgan fingerprint density at radius 1 is 1.37 bits per heavy atom. The summed E-state index contributed by atoms with van der Waals surface area (Å²) < 4.78 is 4.93. The minimum atomic E-state index is -1.22. The molecule has 2 N–H and O–H groups in total. The van der Waals surface area contributed by atoms with E-state index in [9.17, 15) is 4.79 Å². The molecule has 98 valence electrons. The number of carboxylic acids is 1. The van der Waals surface area contributed by atoms with E-state index < -0.39 is 5.97 Å². The fourth-order valence-electron chi connectivity index (χ4n) is 1.32. The number of carbonyl (C=O) groups is 1. The first-order valence-corrected chi connectivity index (χ1v) is 5.50. The monoisotopic (exact) mass is 280 g/mol. The van der Waals surface area contributed by atoms with Gasteiger partial charge < -0.3 is 15.2 Å². The second kappa shape index (κ2) is 5.49. The molecular weight excluding hydrogens is 272 g/mol. The van der Waals surface area contributed by atoms with E-state index in [0.717, 1.165) is 6.33 Å². The smallest absolute Gasteiger partial charge is 0.356 e. The van der Waals surface area contributed by atoms with Gasteiger partial charge in [-0.05, 0) is 6.07 Å². The van der Waals surface area contributed by atoms with Gasteiger partial charge in [0.1, 0.15) is 11.3 Å². The number of hydrogen-bond acceptors (Lipinski definition) is 6. The van der Waals surface area contributed by atoms with Crippen LogP contribution in [0.4, 0.5) is 11.5 Å². The van der Waals surface area contributed by atoms with E-state index in [1.54, 1.807) is 12.1 Å². The van der Waals surface area contributed by atoms with Gasteiger partial charge in [0.15, 0.2) is 11.5 Å². The molecule has 0 aliphatic heterocycles. The number of nitrogens with one attached hydrogen (secondary N) is 1. The summed E-state index contributed by atoms with van der Waals surface area (Å²) in [4.78, 5) is 22.3. The Kier molecular flexibility index (Phi) is 3.76. The Bertz CT molecular complexity index is 603. The lowest BCUT2D eigenvalue weighted by Crippen LogP contribution is -2.05. The first-order valence-electron chi connectivity index (χ1n) is 5.12. The zero-order valence-electron chi connectivity index (χ0n) is 9.79. The SMILES string of the molecule is COc1ccc(Nc2ncnc(C(=O)O)c2Cl)cn1. The van der Waals surface area contributed by atoms with Gasteiger partial charge in [0.2, 0.25) is 5.88 Å². The van der Waals surface area contributed by atoms with E-state index >= 15 is 0 Å². The van der Waals surface area contributed by atoms with Crippen molar-refractivity contribution in [1.29, 1.82) is 0 Å². The number of methoxy groups -OCH3 is 1. The molecule has 2 heterocycles. The molecule has 2 aromatic rings. The third-order valence-corrected chi connectivity index (χ3v) is 2.56. The lowest BCUT2D eigenvalue weighted by atomic mass is 10.3. The zero-order chi connectivity index (χ0) is 13.8. The standard InChI is InChI=1S/C11H9ClN4O3/c1-19-7-3-2-6(4-13-7)16-10-8(12)9(11(17)18)14-5-15-10/h2-5H,1H3,(H,17,18)(H,14,15,16). The Balaban J connectivity index is 2.27. The van der Waals surface area contributed by atoms with Crippen molar-refractivity contribution >= 4 is 29.1 Å². The average molecular weight is 281 g/mol. The Morgan fingerprint density at radius 3 is 2.74 bits per heavy atom. The van der Waals surface area contributed by atoms with Crippen LogP contribution in [-0.2, 0) is 0 Å². The lowest BCUT2D eigenvalue weighted by molar-refractivity contribution is 0.0690. The van der Waals surface area contributed by atoms with Crippen molar-refractivity contribution in [3.05, 3.63) is 35.4 Å². The van der Waals surface area contributed by atoms with Crippen LogP contribution in [0, 0.1) is 0 Å². The number of pyridine rings is 1. The van der Waals surface area contributed by atoms with E-state index in [2.05, 4.69) is 20.3 Å². The van der Waals surface area contributed by atoms with Gasteiger partial charge in [0.25, 0.3) is 0 Å². The summed E-state index contributed by atoms with van der Waals surface area (Å²) in [5, 5.41) is 11.7. The van der Waals surface area contributed by atoms with E-state index in [0.29, 0.717) is 11.6 Å². The van der Waals surface area contributed by atoms with E-state index in [4.69, 9.17) is 21.4 Å². The summed E-state index contributed by atoms with van der Waals surface area (Å²) in [6.07, 6.45) is 2.63. The molecule has 0 aromatic carbocycles. The van der Waals surface area contributed by atoms with Gasteiger partial charge in [-0.15, -0.1) is 0 Å². The molecule has 2 rings (SSSR count). The van der Waals surface area contributed by atoms with E-state index in [1.807, 2.05) is 0 Å². The minimum Gasteiger partial charge on any atom is -0.481 e. The third-order valence-electron chi connectivity index (χ3n) is 2.20. The third kappa shape index (κ3) is 2.89. The lowest BCUT2D eigenvalue weighted by Gasteiger charge is -2.08. The van der Waals surface area contributed by atoms with Crippen LogP contribution >= 0.6 is 11.6 Å². The largest absolute Gasteiger partial charge is 0.481 e. The van der Waals surface area contributed by atoms with Crippen LogP contribution < -0.4 is 10.1 Å². The first kappa shape index (κ1) is 13.0. The molecule has 0 atom stereocenters. The fraction of sp³-hybridized carbons (Fsp3) is 0.0909. The molecule has 0 saturated heterocycles. The molecule has 0 spiro atoms. The van der Waals surface area contributed by atoms with Crippen LogP contribution in [0.3, 0.4) is 0 Å². The quantitative estimate of drug-likeness (QED) is 0.883. The molecular formula is C11H9ClN4O3. The fourth-order valence-corrected chi connectivity index (χ4v) is 1.54. The van der Waals surface area contributed by atoms with Crippen LogP contribution in [0.1, 0.15) is 10.5 Å². The summed E-state index contributed by atoms with van der Waals surface area (Å²) in [5.41, 5.74) is 0.332. The molecule has 8 heteroatoms. The maximum Gasteiger partial charge on any atom is 0.356 e. The molecule has 19 heavy (non-hydrogen) atoms. The van der Waals surface area contributed by atoms with Crippen molar-refractivity contribution in [3.8, 4) is 5.88 Å². The number of halogens is 1. The molecule has 0 amide bonds. The summed E-state index contributed by atoms with van der Waals surface area (Å²) in [6.45, 7) is 0. The maximum absolute atomic E-state index is 10.9. The predicted octanol–water partition coefficient (Wildman–Crippen LogP) is 1.98. The first-order chi connectivity index (χ1) is 9.11. The maximum atomic E-state index is 10.9. The molecule has 0 saturated carbocycles. The van der Waals surface area contributed by atoms with Gasteiger partial charge in [0, 0.05) is 6.07 Å². The average Bonchev–Trinajstić information content (AvgIpc) is 2.41. The van der Waals surface area contributed by atoms with Crippen molar-refractivity contribution in [2.45, 2.75) is 0 Å². The molecule has 0 aliphatic carbocycles. The number of aromatic carboxylic acids is 1. The summed E-state index contributed by atoms with van der Waals surface area (Å²) in [6, 6.07) is 3.35. The van der Waals surface area contributed by atoms with Gasteiger partial charge in [-0.3, -0.25) is 0 Å². The Morgan fingerprint density at radius 2 is 2.16 bits per heavy atom. The molecule has 0 bridgehead atoms. The van der Waals surface area contributed by atoms with Gasteiger partial charge in [-0.25, -0.2) is 19.7 Å².